The Balaban J connectivity index is 2.05. The van der Waals surface area contributed by atoms with Gasteiger partial charge >= 0.3 is 5.69 Å². The molecule has 0 aliphatic rings. The van der Waals surface area contributed by atoms with Crippen molar-refractivity contribution in [2.75, 3.05) is 0 Å². The number of hydrogen-bond donors (Lipinski definition) is 1. The Morgan fingerprint density at radius 1 is 1.35 bits per heavy atom. The molecule has 0 saturated carbocycles. The van der Waals surface area contributed by atoms with Gasteiger partial charge in [-0.2, -0.15) is 5.10 Å². The molecule has 7 heteroatoms. The van der Waals surface area contributed by atoms with Crippen LogP contribution in [0.4, 0.5) is 0 Å². The average molecular weight is 255 g/mol. The number of aryl methyl sites for hydroxylation is 1. The quantitative estimate of drug-likeness (QED) is 0.807. The van der Waals surface area contributed by atoms with Crippen molar-refractivity contribution < 1.29 is 0 Å². The SMILES string of the molecule is O=c1cc(Cl)[nH]c(=O)n1CCCn1cccn1. The summed E-state index contributed by atoms with van der Waals surface area (Å²) in [4.78, 5) is 25.3. The van der Waals surface area contributed by atoms with Crippen LogP contribution in [-0.4, -0.2) is 19.3 Å². The lowest BCUT2D eigenvalue weighted by Gasteiger charge is -2.04. The first-order valence-corrected chi connectivity index (χ1v) is 5.52. The molecule has 0 amide bonds. The third-order valence-corrected chi connectivity index (χ3v) is 2.52. The van der Waals surface area contributed by atoms with Gasteiger partial charge in [-0.05, 0) is 12.5 Å². The van der Waals surface area contributed by atoms with Gasteiger partial charge < -0.3 is 0 Å². The van der Waals surface area contributed by atoms with Crippen LogP contribution in [0.25, 0.3) is 0 Å². The molecule has 2 rings (SSSR count). The van der Waals surface area contributed by atoms with Gasteiger partial charge in [-0.1, -0.05) is 11.6 Å². The van der Waals surface area contributed by atoms with Crippen LogP contribution in [0, 0.1) is 0 Å². The van der Waals surface area contributed by atoms with Gasteiger partial charge in [0.05, 0.1) is 0 Å². The van der Waals surface area contributed by atoms with E-state index in [1.807, 2.05) is 12.3 Å². The van der Waals surface area contributed by atoms with Crippen molar-refractivity contribution in [1.82, 2.24) is 19.3 Å². The molecule has 6 nitrogen and oxygen atoms in total. The molecule has 2 heterocycles. The van der Waals surface area contributed by atoms with Crippen LogP contribution < -0.4 is 11.2 Å². The molecular formula is C10H11ClN4O2. The molecule has 17 heavy (non-hydrogen) atoms. The van der Waals surface area contributed by atoms with Gasteiger partial charge in [0.15, 0.2) is 0 Å². The topological polar surface area (TPSA) is 72.7 Å². The standard InChI is InChI=1S/C10H11ClN4O2/c11-8-7-9(16)15(10(17)13-8)6-2-5-14-4-1-3-12-14/h1,3-4,7H,2,5-6H2,(H,13,17). The molecule has 0 aromatic carbocycles. The minimum atomic E-state index is -0.483. The normalized spacial score (nSPS) is 10.6. The average Bonchev–Trinajstić information content (AvgIpc) is 2.74. The lowest BCUT2D eigenvalue weighted by molar-refractivity contribution is 0.507. The highest BCUT2D eigenvalue weighted by Crippen LogP contribution is 1.95. The second-order valence-electron chi connectivity index (χ2n) is 3.53. The minimum Gasteiger partial charge on any atom is -0.298 e. The summed E-state index contributed by atoms with van der Waals surface area (Å²) in [6.45, 7) is 0.993. The predicted octanol–water partition coefficient (Wildman–Crippen LogP) is 0.477. The Morgan fingerprint density at radius 3 is 2.82 bits per heavy atom. The van der Waals surface area contributed by atoms with E-state index in [0.29, 0.717) is 19.5 Å². The number of nitrogens with one attached hydrogen (secondary N) is 1. The summed E-state index contributed by atoms with van der Waals surface area (Å²) in [6.07, 6.45) is 4.16. The Hall–Kier alpha value is -1.82. The zero-order valence-corrected chi connectivity index (χ0v) is 9.72. The van der Waals surface area contributed by atoms with Crippen LogP contribution in [0.2, 0.25) is 5.15 Å². The number of aromatic nitrogens is 4. The summed E-state index contributed by atoms with van der Waals surface area (Å²) in [7, 11) is 0. The van der Waals surface area contributed by atoms with Crippen molar-refractivity contribution >= 4 is 11.6 Å². The predicted molar refractivity (Wildman–Crippen MR) is 63.2 cm³/mol. The van der Waals surface area contributed by atoms with E-state index in [1.165, 1.54) is 6.07 Å². The van der Waals surface area contributed by atoms with Crippen molar-refractivity contribution in [1.29, 1.82) is 0 Å². The van der Waals surface area contributed by atoms with Crippen LogP contribution in [0.3, 0.4) is 0 Å². The van der Waals surface area contributed by atoms with Gasteiger partial charge in [0.25, 0.3) is 5.56 Å². The highest BCUT2D eigenvalue weighted by atomic mass is 35.5. The van der Waals surface area contributed by atoms with Gasteiger partial charge in [-0.15, -0.1) is 0 Å². The molecule has 0 spiro atoms. The third-order valence-electron chi connectivity index (χ3n) is 2.32. The van der Waals surface area contributed by atoms with Gasteiger partial charge in [-0.3, -0.25) is 19.0 Å². The fourth-order valence-electron chi connectivity index (χ4n) is 1.53. The van der Waals surface area contributed by atoms with E-state index < -0.39 is 5.69 Å². The van der Waals surface area contributed by atoms with Crippen molar-refractivity contribution in [2.45, 2.75) is 19.5 Å². The van der Waals surface area contributed by atoms with Crippen LogP contribution in [-0.2, 0) is 13.1 Å². The second kappa shape index (κ2) is 5.01. The molecule has 0 atom stereocenters. The molecule has 90 valence electrons. The van der Waals surface area contributed by atoms with Crippen LogP contribution in [0.1, 0.15) is 6.42 Å². The van der Waals surface area contributed by atoms with Gasteiger partial charge in [0, 0.05) is 31.5 Å². The number of aromatic amines is 1. The van der Waals surface area contributed by atoms with E-state index in [9.17, 15) is 9.59 Å². The zero-order valence-electron chi connectivity index (χ0n) is 8.97. The summed E-state index contributed by atoms with van der Waals surface area (Å²) in [5.41, 5.74) is -0.873. The van der Waals surface area contributed by atoms with E-state index >= 15 is 0 Å². The van der Waals surface area contributed by atoms with E-state index in [1.54, 1.807) is 10.9 Å². The van der Waals surface area contributed by atoms with Gasteiger partial charge in [0.2, 0.25) is 0 Å². The number of rotatable bonds is 4. The van der Waals surface area contributed by atoms with Crippen molar-refractivity contribution in [3.8, 4) is 0 Å². The lowest BCUT2D eigenvalue weighted by Crippen LogP contribution is -2.34. The first kappa shape index (κ1) is 11.7. The highest BCUT2D eigenvalue weighted by Gasteiger charge is 2.02. The first-order valence-electron chi connectivity index (χ1n) is 5.14. The smallest absolute Gasteiger partial charge is 0.298 e. The van der Waals surface area contributed by atoms with Gasteiger partial charge in [-0.25, -0.2) is 4.79 Å². The Bertz CT molecular complexity index is 568. The summed E-state index contributed by atoms with van der Waals surface area (Å²) in [6, 6.07) is 3.01. The van der Waals surface area contributed by atoms with Crippen molar-refractivity contribution in [3.05, 3.63) is 50.5 Å². The minimum absolute atomic E-state index is 0.0586. The molecule has 0 aliphatic heterocycles. The van der Waals surface area contributed by atoms with Gasteiger partial charge in [0.1, 0.15) is 5.15 Å². The number of halogens is 1. The molecule has 0 bridgehead atoms. The third kappa shape index (κ3) is 2.85. The monoisotopic (exact) mass is 254 g/mol. The fraction of sp³-hybridized carbons (Fsp3) is 0.300. The summed E-state index contributed by atoms with van der Waals surface area (Å²) in [5, 5.41) is 4.09. The van der Waals surface area contributed by atoms with Crippen LogP contribution in [0.15, 0.2) is 34.1 Å². The Kier molecular flexibility index (Phi) is 3.43. The number of hydrogen-bond acceptors (Lipinski definition) is 3. The largest absolute Gasteiger partial charge is 0.329 e. The summed E-state index contributed by atoms with van der Waals surface area (Å²) < 4.78 is 2.87. The van der Waals surface area contributed by atoms with E-state index in [-0.39, 0.29) is 10.7 Å². The second-order valence-corrected chi connectivity index (χ2v) is 3.94. The van der Waals surface area contributed by atoms with Crippen molar-refractivity contribution in [3.63, 3.8) is 0 Å². The molecule has 0 aliphatic carbocycles. The number of nitrogens with zero attached hydrogens (tertiary/aromatic N) is 3. The van der Waals surface area contributed by atoms with E-state index in [0.717, 1.165) is 4.57 Å². The summed E-state index contributed by atoms with van der Waals surface area (Å²) >= 11 is 5.55. The number of H-pyrrole nitrogens is 1. The van der Waals surface area contributed by atoms with E-state index in [2.05, 4.69) is 10.1 Å². The maximum absolute atomic E-state index is 11.5. The highest BCUT2D eigenvalue weighted by molar-refractivity contribution is 6.29. The molecule has 2 aromatic heterocycles. The lowest BCUT2D eigenvalue weighted by atomic mass is 10.4. The molecule has 0 saturated heterocycles. The molecule has 0 radical (unpaired) electrons. The maximum Gasteiger partial charge on any atom is 0.329 e. The molecule has 0 fully saturated rings. The zero-order chi connectivity index (χ0) is 12.3. The van der Waals surface area contributed by atoms with Crippen molar-refractivity contribution in [2.24, 2.45) is 0 Å². The maximum atomic E-state index is 11.5. The Labute approximate surface area is 101 Å². The molecule has 0 unspecified atom stereocenters. The molecule has 2 aromatic rings. The summed E-state index contributed by atoms with van der Waals surface area (Å²) in [5.74, 6) is 0. The molecular weight excluding hydrogens is 244 g/mol. The fourth-order valence-corrected chi connectivity index (χ4v) is 1.70. The van der Waals surface area contributed by atoms with E-state index in [4.69, 9.17) is 11.6 Å². The molecule has 1 N–H and O–H groups in total. The van der Waals surface area contributed by atoms with Crippen LogP contribution in [0.5, 0.6) is 0 Å². The Morgan fingerprint density at radius 2 is 2.18 bits per heavy atom. The first-order chi connectivity index (χ1) is 8.16. The van der Waals surface area contributed by atoms with Crippen LogP contribution >= 0.6 is 11.6 Å².